The first-order valence-corrected chi connectivity index (χ1v) is 15.4. The predicted molar refractivity (Wildman–Crippen MR) is 175 cm³/mol. The fraction of sp³-hybridized carbons (Fsp3) is 0.176. The van der Waals surface area contributed by atoms with Gasteiger partial charge < -0.3 is 90.1 Å². The van der Waals surface area contributed by atoms with Crippen LogP contribution in [0.2, 0.25) is 0 Å². The molecule has 22 nitrogen and oxygen atoms in total. The summed E-state index contributed by atoms with van der Waals surface area (Å²) in [5.41, 5.74) is -2.68. The molecule has 0 bridgehead atoms. The number of esters is 4. The molecule has 0 radical (unpaired) electrons. The number of benzene rings is 4. The Labute approximate surface area is 310 Å². The van der Waals surface area contributed by atoms with Crippen LogP contribution in [0.25, 0.3) is 0 Å². The molecule has 1 saturated heterocycles. The minimum atomic E-state index is -2.43. The van der Waals surface area contributed by atoms with Gasteiger partial charge in [0.2, 0.25) is 0 Å². The summed E-state index contributed by atoms with van der Waals surface area (Å²) in [5.74, 6) is -18.2. The smallest absolute Gasteiger partial charge is 0.339 e. The summed E-state index contributed by atoms with van der Waals surface area (Å²) in [6.07, 6.45) is -11.2. The van der Waals surface area contributed by atoms with Gasteiger partial charge >= 0.3 is 23.9 Å². The largest absolute Gasteiger partial charge is 0.504 e. The Morgan fingerprint density at radius 3 is 1.02 bits per heavy atom. The minimum absolute atomic E-state index is 0.570. The number of aromatic hydroxyl groups is 12. The van der Waals surface area contributed by atoms with Gasteiger partial charge in [-0.05, 0) is 48.5 Å². The SMILES string of the molecule is O=C(OC[C@H]1OC(O)[C@H](OC(=O)c2cc(O)c(O)c(O)c2)[C@@H](OC(=O)c2cc(O)c(O)c(O)c2)[C@H]1OC(=O)c1cc(O)c(O)c(O)c1)c1cc(O)c(O)c(O)c1. The van der Waals surface area contributed by atoms with Crippen LogP contribution >= 0.6 is 0 Å². The van der Waals surface area contributed by atoms with Crippen LogP contribution in [0.4, 0.5) is 0 Å². The van der Waals surface area contributed by atoms with Gasteiger partial charge in [0, 0.05) is 0 Å². The van der Waals surface area contributed by atoms with Crippen molar-refractivity contribution in [2.75, 3.05) is 6.61 Å². The highest BCUT2D eigenvalue weighted by Crippen LogP contribution is 2.40. The quantitative estimate of drug-likeness (QED) is 0.0630. The van der Waals surface area contributed by atoms with Gasteiger partial charge in [0.05, 0.1) is 22.3 Å². The van der Waals surface area contributed by atoms with E-state index in [1.165, 1.54) is 0 Å². The van der Waals surface area contributed by atoms with Crippen LogP contribution in [-0.4, -0.2) is 128 Å². The first-order chi connectivity index (χ1) is 26.3. The second-order valence-corrected chi connectivity index (χ2v) is 11.7. The molecule has 0 saturated carbocycles. The predicted octanol–water partition coefficient (Wildman–Crippen LogP) is 0.705. The van der Waals surface area contributed by atoms with Gasteiger partial charge in [-0.15, -0.1) is 0 Å². The second-order valence-electron chi connectivity index (χ2n) is 11.7. The van der Waals surface area contributed by atoms with Crippen molar-refractivity contribution in [1.82, 2.24) is 0 Å². The van der Waals surface area contributed by atoms with Crippen molar-refractivity contribution >= 4 is 23.9 Å². The molecule has 0 aliphatic carbocycles. The zero-order chi connectivity index (χ0) is 41.3. The van der Waals surface area contributed by atoms with Crippen molar-refractivity contribution in [1.29, 1.82) is 0 Å². The highest BCUT2D eigenvalue weighted by molar-refractivity contribution is 5.93. The zero-order valence-electron chi connectivity index (χ0n) is 27.7. The number of hydrogen-bond acceptors (Lipinski definition) is 22. The molecule has 1 aliphatic rings. The van der Waals surface area contributed by atoms with Crippen molar-refractivity contribution in [2.45, 2.75) is 30.7 Å². The number of hydrogen-bond donors (Lipinski definition) is 13. The fourth-order valence-corrected chi connectivity index (χ4v) is 5.14. The van der Waals surface area contributed by atoms with Crippen LogP contribution in [-0.2, 0) is 23.7 Å². The summed E-state index contributed by atoms with van der Waals surface area (Å²) in [6.45, 7) is -1.09. The maximum Gasteiger partial charge on any atom is 0.339 e. The molecule has 0 spiro atoms. The van der Waals surface area contributed by atoms with Gasteiger partial charge in [0.15, 0.2) is 93.6 Å². The fourth-order valence-electron chi connectivity index (χ4n) is 5.14. The Morgan fingerprint density at radius 1 is 0.429 bits per heavy atom. The van der Waals surface area contributed by atoms with E-state index in [-0.39, 0.29) is 0 Å². The van der Waals surface area contributed by atoms with Crippen LogP contribution in [0.3, 0.4) is 0 Å². The molecule has 13 N–H and O–H groups in total. The Balaban J connectivity index is 1.57. The number of ether oxygens (including phenoxy) is 5. The molecular formula is C34H28O22. The first kappa shape index (κ1) is 39.5. The van der Waals surface area contributed by atoms with E-state index in [4.69, 9.17) is 23.7 Å². The van der Waals surface area contributed by atoms with Gasteiger partial charge in [0.25, 0.3) is 0 Å². The topological polar surface area (TPSA) is 377 Å². The number of phenolic OH excluding ortho intramolecular Hbond substituents is 12. The maximum absolute atomic E-state index is 13.5. The summed E-state index contributed by atoms with van der Waals surface area (Å²) in [7, 11) is 0. The molecule has 0 aromatic heterocycles. The Kier molecular flexibility index (Phi) is 10.8. The molecular weight excluding hydrogens is 760 g/mol. The first-order valence-electron chi connectivity index (χ1n) is 15.4. The van der Waals surface area contributed by atoms with E-state index in [1.54, 1.807) is 0 Å². The van der Waals surface area contributed by atoms with Crippen LogP contribution in [0, 0.1) is 0 Å². The number of carbonyl (C=O) groups is 4. The molecule has 5 atom stereocenters. The molecule has 1 unspecified atom stereocenters. The lowest BCUT2D eigenvalue weighted by Gasteiger charge is -2.42. The van der Waals surface area contributed by atoms with Crippen LogP contribution < -0.4 is 0 Å². The van der Waals surface area contributed by atoms with Crippen LogP contribution in [0.1, 0.15) is 41.4 Å². The Morgan fingerprint density at radius 2 is 0.696 bits per heavy atom. The van der Waals surface area contributed by atoms with Crippen molar-refractivity contribution in [3.8, 4) is 69.0 Å². The summed E-state index contributed by atoms with van der Waals surface area (Å²) in [4.78, 5) is 53.1. The molecule has 1 fully saturated rings. The van der Waals surface area contributed by atoms with Gasteiger partial charge in [-0.3, -0.25) is 0 Å². The van der Waals surface area contributed by atoms with Gasteiger partial charge in [-0.1, -0.05) is 0 Å². The normalized spacial score (nSPS) is 19.1. The van der Waals surface area contributed by atoms with E-state index in [9.17, 15) is 85.6 Å². The molecule has 4 aromatic rings. The molecule has 1 heterocycles. The van der Waals surface area contributed by atoms with Crippen LogP contribution in [0.15, 0.2) is 48.5 Å². The molecule has 296 valence electrons. The third-order valence-corrected chi connectivity index (χ3v) is 7.94. The molecule has 1 aliphatic heterocycles. The van der Waals surface area contributed by atoms with E-state index in [0.29, 0.717) is 48.5 Å². The van der Waals surface area contributed by atoms with Gasteiger partial charge in [0.1, 0.15) is 12.7 Å². The van der Waals surface area contributed by atoms with Crippen molar-refractivity contribution in [3.63, 3.8) is 0 Å². The third kappa shape index (κ3) is 7.95. The van der Waals surface area contributed by atoms with Crippen LogP contribution in [0.5, 0.6) is 69.0 Å². The Hall–Kier alpha value is -7.72. The van der Waals surface area contributed by atoms with E-state index in [1.807, 2.05) is 0 Å². The van der Waals surface area contributed by atoms with E-state index in [0.717, 1.165) is 0 Å². The highest BCUT2D eigenvalue weighted by Gasteiger charge is 2.53. The number of aliphatic hydroxyl groups excluding tert-OH is 1. The number of aliphatic hydroxyl groups is 1. The van der Waals surface area contributed by atoms with Gasteiger partial charge in [-0.2, -0.15) is 0 Å². The lowest BCUT2D eigenvalue weighted by atomic mass is 9.97. The second kappa shape index (κ2) is 15.3. The lowest BCUT2D eigenvalue weighted by molar-refractivity contribution is -0.284. The lowest BCUT2D eigenvalue weighted by Crippen LogP contribution is -2.62. The Bertz CT molecular complexity index is 2140. The number of phenols is 12. The molecule has 0 amide bonds. The molecule has 56 heavy (non-hydrogen) atoms. The van der Waals surface area contributed by atoms with E-state index >= 15 is 0 Å². The zero-order valence-corrected chi connectivity index (χ0v) is 27.7. The molecule has 4 aromatic carbocycles. The summed E-state index contributed by atoms with van der Waals surface area (Å²) < 4.78 is 26.8. The summed E-state index contributed by atoms with van der Waals surface area (Å²) in [5, 5.41) is 129. The van der Waals surface area contributed by atoms with Gasteiger partial charge in [-0.25, -0.2) is 19.2 Å². The molecule has 5 rings (SSSR count). The number of rotatable bonds is 9. The molecule has 22 heteroatoms. The monoisotopic (exact) mass is 788 g/mol. The van der Waals surface area contributed by atoms with E-state index in [2.05, 4.69) is 0 Å². The number of carbonyl (C=O) groups excluding carboxylic acids is 4. The summed E-state index contributed by atoms with van der Waals surface area (Å²) >= 11 is 0. The minimum Gasteiger partial charge on any atom is -0.504 e. The summed E-state index contributed by atoms with van der Waals surface area (Å²) in [6, 6.07) is 4.99. The van der Waals surface area contributed by atoms with Crippen molar-refractivity contribution in [2.24, 2.45) is 0 Å². The van der Waals surface area contributed by atoms with Crippen molar-refractivity contribution < 1.29 is 109 Å². The standard InChI is InChI=1S/C34H28O22/c35-14-1-10(2-15(36)23(14)43)30(47)52-9-22-27(54-31(48)11-3-16(37)24(44)17(38)4-11)28(55-32(49)12-5-18(39)25(45)19(40)6-12)29(34(51)53-22)56-33(50)13-7-20(41)26(46)21(42)8-13/h1-8,22,27-29,34-46,51H,9H2/t22-,27+,28+,29-,34?/m1/s1. The highest BCUT2D eigenvalue weighted by atomic mass is 16.7. The van der Waals surface area contributed by atoms with Crippen molar-refractivity contribution in [3.05, 3.63) is 70.8 Å². The maximum atomic E-state index is 13.5. The average Bonchev–Trinajstić information content (AvgIpc) is 3.14. The third-order valence-electron chi connectivity index (χ3n) is 7.94. The van der Waals surface area contributed by atoms with E-state index < -0.39 is 152 Å². The average molecular weight is 789 g/mol.